The lowest BCUT2D eigenvalue weighted by Gasteiger charge is -2.34. The molecule has 0 spiro atoms. The number of methoxy groups -OCH3 is 2. The number of imidazole rings is 1. The summed E-state index contributed by atoms with van der Waals surface area (Å²) in [5, 5.41) is 8.13. The Hall–Kier alpha value is -4.84. The van der Waals surface area contributed by atoms with Crippen LogP contribution in [0, 0.1) is 25.7 Å². The van der Waals surface area contributed by atoms with Crippen molar-refractivity contribution in [1.29, 1.82) is 0 Å². The zero-order chi connectivity index (χ0) is 43.1. The van der Waals surface area contributed by atoms with Crippen molar-refractivity contribution in [2.75, 3.05) is 53.7 Å². The Kier molecular flexibility index (Phi) is 12.4. The minimum atomic E-state index is -0.685. The van der Waals surface area contributed by atoms with Crippen LogP contribution in [0.15, 0.2) is 29.5 Å². The minimum Gasteiger partial charge on any atom is -0.453 e. The highest BCUT2D eigenvalue weighted by molar-refractivity contribution is 7.23. The number of hydrogen-bond acceptors (Lipinski definition) is 12. The number of nitrogens with zero attached hydrogens (tertiary/aromatic N) is 4. The molecule has 1 aromatic carbocycles. The number of ether oxygens (including phenoxy) is 4. The second kappa shape index (κ2) is 18.1. The van der Waals surface area contributed by atoms with Crippen molar-refractivity contribution in [3.05, 3.63) is 46.4 Å². The van der Waals surface area contributed by atoms with E-state index in [1.54, 1.807) is 22.7 Å². The molecule has 15 nitrogen and oxygen atoms in total. The zero-order valence-electron chi connectivity index (χ0n) is 35.8. The van der Waals surface area contributed by atoms with Crippen molar-refractivity contribution in [3.8, 4) is 10.6 Å². The highest BCUT2D eigenvalue weighted by Gasteiger charge is 2.42. The maximum atomic E-state index is 14.1. The van der Waals surface area contributed by atoms with E-state index in [4.69, 9.17) is 28.9 Å². The summed E-state index contributed by atoms with van der Waals surface area (Å²) in [5.74, 6) is 0.536. The average Bonchev–Trinajstić information content (AvgIpc) is 4.15. The van der Waals surface area contributed by atoms with Gasteiger partial charge in [-0.2, -0.15) is 0 Å². The van der Waals surface area contributed by atoms with E-state index in [1.165, 1.54) is 50.4 Å². The van der Waals surface area contributed by atoms with Gasteiger partial charge in [-0.1, -0.05) is 0 Å². The van der Waals surface area contributed by atoms with E-state index in [0.717, 1.165) is 53.4 Å². The van der Waals surface area contributed by atoms with Crippen molar-refractivity contribution >= 4 is 78.1 Å². The lowest BCUT2D eigenvalue weighted by molar-refractivity contribution is -0.137. The molecule has 62 heavy (non-hydrogen) atoms. The summed E-state index contributed by atoms with van der Waals surface area (Å²) in [6.07, 6.45) is 9.49. The molecule has 9 rings (SSSR count). The lowest BCUT2D eigenvalue weighted by atomic mass is 9.90. The van der Waals surface area contributed by atoms with E-state index in [9.17, 15) is 19.2 Å². The molecule has 0 aliphatic carbocycles. The van der Waals surface area contributed by atoms with E-state index < -0.39 is 24.3 Å². The number of H-pyrrole nitrogens is 1. The fraction of sp³-hybridized carbons (Fsp3) is 0.556. The molecule has 0 saturated carbocycles. The number of benzene rings is 1. The standard InChI is InChI=1S/C45H55N7O8S2/c1-24-29-20-35(28-19-31(46-22-28)33-7-5-13-51(33)42(53)37(49-44(55)57-3)26-9-15-59-16-10-26)61-39(29)25(2)30-21-36(62-40(24)30)32-23-47-41(48-32)34-8-6-14-52(34)43(54)38(50-45(56)58-4)27-11-17-60-18-12-27/h20-23,26-27,33-34,37-38H,5-19H2,1-4H3,(H,47,48)(H,49,55)(H,50,56)/t33-,34-,37-,38-/m0/s1. The molecule has 4 saturated heterocycles. The second-order valence-corrected chi connectivity index (χ2v) is 19.2. The quantitative estimate of drug-likeness (QED) is 0.148. The maximum absolute atomic E-state index is 14.1. The van der Waals surface area contributed by atoms with Crippen LogP contribution >= 0.6 is 22.7 Å². The van der Waals surface area contributed by atoms with Gasteiger partial charge in [0, 0.05) is 72.1 Å². The number of aryl methyl sites for hydroxylation is 2. The first-order valence-electron chi connectivity index (χ1n) is 21.9. The second-order valence-electron chi connectivity index (χ2n) is 17.1. The Labute approximate surface area is 368 Å². The minimum absolute atomic E-state index is 0.0108. The molecule has 4 aromatic rings. The molecule has 0 radical (unpaired) electrons. The van der Waals surface area contributed by atoms with Crippen LogP contribution in [0.4, 0.5) is 9.59 Å². The number of nitrogens with one attached hydrogen (secondary N) is 3. The summed E-state index contributed by atoms with van der Waals surface area (Å²) in [7, 11) is 2.64. The first-order valence-corrected chi connectivity index (χ1v) is 23.5. The van der Waals surface area contributed by atoms with E-state index >= 15 is 0 Å². The maximum Gasteiger partial charge on any atom is 0.407 e. The molecule has 5 aliphatic heterocycles. The topological polar surface area (TPSA) is 177 Å². The Morgan fingerprint density at radius 2 is 1.27 bits per heavy atom. The largest absolute Gasteiger partial charge is 0.453 e. The number of alkyl carbamates (subject to hydrolysis) is 2. The number of carbonyl (C=O) groups excluding carboxylic acids is 4. The van der Waals surface area contributed by atoms with Crippen LogP contribution in [0.5, 0.6) is 0 Å². The van der Waals surface area contributed by atoms with Gasteiger partial charge in [-0.3, -0.25) is 14.6 Å². The van der Waals surface area contributed by atoms with Gasteiger partial charge in [-0.15, -0.1) is 22.7 Å². The smallest absolute Gasteiger partial charge is 0.407 e. The predicted molar refractivity (Wildman–Crippen MR) is 238 cm³/mol. The summed E-state index contributed by atoms with van der Waals surface area (Å²) in [4.78, 5) is 72.3. The Bertz CT molecular complexity index is 2370. The van der Waals surface area contributed by atoms with Gasteiger partial charge in [-0.05, 0) is 117 Å². The SMILES string of the molecule is COC(=O)N[C@H](C(=O)N1CCC[C@H]1C1=NC=C(c2cc3c(C)c4sc(-c5cnc([C@@H]6CCCN6C(=O)[C@@H](NC(=O)OC)C6CCOCC6)[nH]5)cc4c(C)c3s2)C1)C1CCOCC1. The van der Waals surface area contributed by atoms with E-state index in [0.29, 0.717) is 71.6 Å². The van der Waals surface area contributed by atoms with Gasteiger partial charge in [0.2, 0.25) is 11.8 Å². The number of fused-ring (bicyclic) bond motifs is 2. The van der Waals surface area contributed by atoms with Gasteiger partial charge in [0.25, 0.3) is 0 Å². The fourth-order valence-electron chi connectivity index (χ4n) is 10.1. The van der Waals surface area contributed by atoms with Gasteiger partial charge in [0.05, 0.1) is 43.1 Å². The number of allylic oxidation sites excluding steroid dienone is 1. The molecule has 0 unspecified atom stereocenters. The molecule has 3 aromatic heterocycles. The molecule has 4 amide bonds. The number of aromatic amines is 1. The van der Waals surface area contributed by atoms with Crippen molar-refractivity contribution in [1.82, 2.24) is 30.4 Å². The van der Waals surface area contributed by atoms with E-state index in [2.05, 4.69) is 41.6 Å². The van der Waals surface area contributed by atoms with Crippen LogP contribution in [-0.2, 0) is 28.5 Å². The predicted octanol–water partition coefficient (Wildman–Crippen LogP) is 7.27. The van der Waals surface area contributed by atoms with Gasteiger partial charge in [0.15, 0.2) is 0 Å². The first-order chi connectivity index (χ1) is 30.1. The number of hydrogen-bond donors (Lipinski definition) is 3. The summed E-state index contributed by atoms with van der Waals surface area (Å²) in [5.41, 5.74) is 5.52. The molecule has 0 bridgehead atoms. The highest BCUT2D eigenvalue weighted by atomic mass is 32.1. The van der Waals surface area contributed by atoms with E-state index in [1.807, 2.05) is 22.2 Å². The molecule has 4 fully saturated rings. The normalized spacial score (nSPS) is 22.2. The molecule has 4 atom stereocenters. The number of thiophene rings is 2. The number of carbonyl (C=O) groups is 4. The number of aliphatic imine (C=N–C) groups is 1. The Morgan fingerprint density at radius 1 is 0.758 bits per heavy atom. The number of amides is 4. The Balaban J connectivity index is 0.907. The van der Waals surface area contributed by atoms with Crippen LogP contribution in [0.2, 0.25) is 0 Å². The molecule has 8 heterocycles. The van der Waals surface area contributed by atoms with Crippen molar-refractivity contribution in [2.24, 2.45) is 16.8 Å². The Morgan fingerprint density at radius 3 is 1.84 bits per heavy atom. The average molecular weight is 886 g/mol. The van der Waals surface area contributed by atoms with Gasteiger partial charge < -0.3 is 44.4 Å². The van der Waals surface area contributed by atoms with Crippen molar-refractivity contribution < 1.29 is 38.1 Å². The van der Waals surface area contributed by atoms with E-state index in [-0.39, 0.29) is 35.7 Å². The fourth-order valence-corrected chi connectivity index (χ4v) is 12.6. The molecule has 5 aliphatic rings. The number of rotatable bonds is 10. The van der Waals surface area contributed by atoms with Crippen molar-refractivity contribution in [3.63, 3.8) is 0 Å². The summed E-state index contributed by atoms with van der Waals surface area (Å²) < 4.78 is 23.4. The molecule has 3 N–H and O–H groups in total. The molecule has 330 valence electrons. The third-order valence-corrected chi connectivity index (χ3v) is 16.2. The van der Waals surface area contributed by atoms with Gasteiger partial charge in [0.1, 0.15) is 17.9 Å². The van der Waals surface area contributed by atoms with Crippen LogP contribution in [0.1, 0.15) is 85.7 Å². The molecule has 17 heteroatoms. The first kappa shape index (κ1) is 42.5. The number of aromatic nitrogens is 2. The monoisotopic (exact) mass is 885 g/mol. The third-order valence-electron chi connectivity index (χ3n) is 13.6. The summed E-state index contributed by atoms with van der Waals surface area (Å²) in [6, 6.07) is 2.87. The van der Waals surface area contributed by atoms with Gasteiger partial charge >= 0.3 is 12.2 Å². The van der Waals surface area contributed by atoms with Gasteiger partial charge in [-0.25, -0.2) is 14.6 Å². The van der Waals surface area contributed by atoms with Crippen LogP contribution in [-0.4, -0.2) is 121 Å². The number of likely N-dealkylation sites (tertiary alicyclic amines) is 2. The molecular formula is C45H55N7O8S2. The van der Waals surface area contributed by atoms with Crippen LogP contribution in [0.3, 0.4) is 0 Å². The molecular weight excluding hydrogens is 831 g/mol. The van der Waals surface area contributed by atoms with Crippen LogP contribution in [0.25, 0.3) is 36.3 Å². The van der Waals surface area contributed by atoms with Crippen LogP contribution < -0.4 is 10.6 Å². The summed E-state index contributed by atoms with van der Waals surface area (Å²) in [6.45, 7) is 7.89. The lowest BCUT2D eigenvalue weighted by Crippen LogP contribution is -2.55. The summed E-state index contributed by atoms with van der Waals surface area (Å²) >= 11 is 3.54. The zero-order valence-corrected chi connectivity index (χ0v) is 37.4. The highest BCUT2D eigenvalue weighted by Crippen LogP contribution is 2.46. The van der Waals surface area contributed by atoms with Crippen molar-refractivity contribution in [2.45, 2.75) is 95.8 Å². The third kappa shape index (κ3) is 8.12.